The molecule has 5 nitrogen and oxygen atoms in total. The lowest BCUT2D eigenvalue weighted by Crippen LogP contribution is -2.51. The van der Waals surface area contributed by atoms with E-state index in [2.05, 4.69) is 19.2 Å². The lowest BCUT2D eigenvalue weighted by Gasteiger charge is -2.35. The standard InChI is InChI=1S/C14H26N2O3/c1-9(2)7-12(13(17)18)15-14(19)16-6-5-10(3)11(4)8-16/h9-12H,5-8H2,1-4H3,(H,15,19)(H,17,18). The maximum atomic E-state index is 12.1. The smallest absolute Gasteiger partial charge is 0.326 e. The Morgan fingerprint density at radius 2 is 1.95 bits per heavy atom. The van der Waals surface area contributed by atoms with Crippen molar-refractivity contribution in [2.24, 2.45) is 17.8 Å². The molecule has 1 heterocycles. The molecule has 1 fully saturated rings. The lowest BCUT2D eigenvalue weighted by atomic mass is 9.89. The zero-order valence-electron chi connectivity index (χ0n) is 12.3. The lowest BCUT2D eigenvalue weighted by molar-refractivity contribution is -0.139. The van der Waals surface area contributed by atoms with E-state index in [9.17, 15) is 9.59 Å². The number of nitrogens with zero attached hydrogens (tertiary/aromatic N) is 1. The van der Waals surface area contributed by atoms with Gasteiger partial charge in [-0.2, -0.15) is 0 Å². The van der Waals surface area contributed by atoms with Crippen LogP contribution in [0.4, 0.5) is 4.79 Å². The van der Waals surface area contributed by atoms with Crippen LogP contribution in [-0.4, -0.2) is 41.1 Å². The molecule has 5 heteroatoms. The summed E-state index contributed by atoms with van der Waals surface area (Å²) in [6, 6.07) is -1.03. The Bertz CT molecular complexity index is 331. The third-order valence-electron chi connectivity index (χ3n) is 3.92. The summed E-state index contributed by atoms with van der Waals surface area (Å²) in [6.45, 7) is 9.65. The number of nitrogens with one attached hydrogen (secondary N) is 1. The molecule has 110 valence electrons. The van der Waals surface area contributed by atoms with Gasteiger partial charge in [0.25, 0.3) is 0 Å². The number of carbonyl (C=O) groups is 2. The summed E-state index contributed by atoms with van der Waals surface area (Å²) in [5, 5.41) is 11.8. The van der Waals surface area contributed by atoms with Gasteiger partial charge in [0.05, 0.1) is 0 Å². The van der Waals surface area contributed by atoms with Crippen LogP contribution in [0.15, 0.2) is 0 Å². The van der Waals surface area contributed by atoms with Crippen molar-refractivity contribution in [1.82, 2.24) is 10.2 Å². The second-order valence-corrected chi connectivity index (χ2v) is 6.16. The Morgan fingerprint density at radius 1 is 1.32 bits per heavy atom. The molecule has 0 aromatic carbocycles. The van der Waals surface area contributed by atoms with E-state index in [1.165, 1.54) is 0 Å². The van der Waals surface area contributed by atoms with Gasteiger partial charge in [-0.15, -0.1) is 0 Å². The predicted octanol–water partition coefficient (Wildman–Crippen LogP) is 2.17. The van der Waals surface area contributed by atoms with Crippen LogP contribution < -0.4 is 5.32 Å². The SMILES string of the molecule is CC(C)CC(NC(=O)N1CCC(C)C(C)C1)C(=O)O. The first kappa shape index (κ1) is 15.8. The van der Waals surface area contributed by atoms with Crippen LogP contribution in [0.25, 0.3) is 0 Å². The third-order valence-corrected chi connectivity index (χ3v) is 3.92. The molecule has 1 rings (SSSR count). The van der Waals surface area contributed by atoms with Gasteiger partial charge in [0, 0.05) is 13.1 Å². The Kier molecular flexibility index (Phi) is 5.63. The minimum atomic E-state index is -0.958. The molecule has 0 aromatic heterocycles. The highest BCUT2D eigenvalue weighted by molar-refractivity contribution is 5.82. The molecule has 2 amide bonds. The van der Waals surface area contributed by atoms with Gasteiger partial charge < -0.3 is 15.3 Å². The highest BCUT2D eigenvalue weighted by Gasteiger charge is 2.28. The van der Waals surface area contributed by atoms with E-state index in [4.69, 9.17) is 5.11 Å². The number of likely N-dealkylation sites (tertiary alicyclic amines) is 1. The summed E-state index contributed by atoms with van der Waals surface area (Å²) in [5.41, 5.74) is 0. The molecular weight excluding hydrogens is 244 g/mol. The monoisotopic (exact) mass is 270 g/mol. The first-order valence-corrected chi connectivity index (χ1v) is 7.09. The number of carbonyl (C=O) groups excluding carboxylic acids is 1. The molecule has 1 saturated heterocycles. The van der Waals surface area contributed by atoms with Crippen molar-refractivity contribution in [3.63, 3.8) is 0 Å². The zero-order valence-corrected chi connectivity index (χ0v) is 12.3. The van der Waals surface area contributed by atoms with E-state index in [-0.39, 0.29) is 11.9 Å². The molecule has 0 radical (unpaired) electrons. The number of rotatable bonds is 4. The van der Waals surface area contributed by atoms with Crippen LogP contribution in [-0.2, 0) is 4.79 Å². The van der Waals surface area contributed by atoms with Crippen LogP contribution in [0.5, 0.6) is 0 Å². The largest absolute Gasteiger partial charge is 0.480 e. The third kappa shape index (κ3) is 4.73. The molecule has 0 spiro atoms. The average Bonchev–Trinajstić information content (AvgIpc) is 2.31. The first-order valence-electron chi connectivity index (χ1n) is 7.09. The highest BCUT2D eigenvalue weighted by Crippen LogP contribution is 2.22. The number of piperidine rings is 1. The van der Waals surface area contributed by atoms with Gasteiger partial charge in [-0.05, 0) is 30.6 Å². The maximum absolute atomic E-state index is 12.1. The number of hydrogen-bond acceptors (Lipinski definition) is 2. The summed E-state index contributed by atoms with van der Waals surface area (Å²) in [5.74, 6) is 0.366. The fourth-order valence-electron chi connectivity index (χ4n) is 2.38. The van der Waals surface area contributed by atoms with Crippen LogP contribution in [0.3, 0.4) is 0 Å². The Balaban J connectivity index is 2.55. The topological polar surface area (TPSA) is 69.6 Å². The molecule has 19 heavy (non-hydrogen) atoms. The van der Waals surface area contributed by atoms with E-state index < -0.39 is 12.0 Å². The molecule has 0 aliphatic carbocycles. The van der Waals surface area contributed by atoms with Crippen LogP contribution in [0.2, 0.25) is 0 Å². The zero-order chi connectivity index (χ0) is 14.6. The molecule has 1 aliphatic heterocycles. The predicted molar refractivity (Wildman–Crippen MR) is 73.9 cm³/mol. The van der Waals surface area contributed by atoms with Gasteiger partial charge in [-0.3, -0.25) is 0 Å². The van der Waals surface area contributed by atoms with Gasteiger partial charge in [-0.1, -0.05) is 27.7 Å². The van der Waals surface area contributed by atoms with Crippen molar-refractivity contribution in [3.05, 3.63) is 0 Å². The molecule has 0 bridgehead atoms. The average molecular weight is 270 g/mol. The Labute approximate surface area is 115 Å². The first-order chi connectivity index (χ1) is 8.81. The molecule has 0 aromatic rings. The van der Waals surface area contributed by atoms with Gasteiger partial charge in [0.15, 0.2) is 0 Å². The highest BCUT2D eigenvalue weighted by atomic mass is 16.4. The molecule has 3 atom stereocenters. The van der Waals surface area contributed by atoms with Crippen LogP contribution in [0.1, 0.15) is 40.5 Å². The Morgan fingerprint density at radius 3 is 2.42 bits per heavy atom. The van der Waals surface area contributed by atoms with Crippen LogP contribution >= 0.6 is 0 Å². The number of urea groups is 1. The molecule has 0 saturated carbocycles. The van der Waals surface area contributed by atoms with Gasteiger partial charge >= 0.3 is 12.0 Å². The molecule has 2 N–H and O–H groups in total. The van der Waals surface area contributed by atoms with Gasteiger partial charge in [-0.25, -0.2) is 9.59 Å². The van der Waals surface area contributed by atoms with E-state index in [0.29, 0.717) is 31.3 Å². The van der Waals surface area contributed by atoms with Gasteiger partial charge in [0.1, 0.15) is 6.04 Å². The number of hydrogen-bond donors (Lipinski definition) is 2. The number of aliphatic carboxylic acids is 1. The van der Waals surface area contributed by atoms with E-state index >= 15 is 0 Å². The van der Waals surface area contributed by atoms with E-state index in [1.807, 2.05) is 13.8 Å². The van der Waals surface area contributed by atoms with Crippen molar-refractivity contribution >= 4 is 12.0 Å². The second kappa shape index (κ2) is 6.78. The minimum absolute atomic E-state index is 0.238. The minimum Gasteiger partial charge on any atom is -0.480 e. The summed E-state index contributed by atoms with van der Waals surface area (Å²) in [4.78, 5) is 25.0. The normalized spacial score (nSPS) is 25.2. The van der Waals surface area contributed by atoms with E-state index in [0.717, 1.165) is 6.42 Å². The number of carboxylic acid groups (broad SMARTS) is 1. The fourth-order valence-corrected chi connectivity index (χ4v) is 2.38. The summed E-state index contributed by atoms with van der Waals surface area (Å²) in [6.07, 6.45) is 1.44. The van der Waals surface area contributed by atoms with E-state index in [1.54, 1.807) is 4.90 Å². The summed E-state index contributed by atoms with van der Waals surface area (Å²) < 4.78 is 0. The summed E-state index contributed by atoms with van der Waals surface area (Å²) >= 11 is 0. The second-order valence-electron chi connectivity index (χ2n) is 6.16. The van der Waals surface area contributed by atoms with Crippen molar-refractivity contribution in [2.75, 3.05) is 13.1 Å². The van der Waals surface area contributed by atoms with Crippen molar-refractivity contribution < 1.29 is 14.7 Å². The van der Waals surface area contributed by atoms with Crippen LogP contribution in [0, 0.1) is 17.8 Å². The molecule has 1 aliphatic rings. The Hall–Kier alpha value is -1.26. The molecular formula is C14H26N2O3. The van der Waals surface area contributed by atoms with Crippen molar-refractivity contribution in [2.45, 2.75) is 46.6 Å². The van der Waals surface area contributed by atoms with Crippen molar-refractivity contribution in [1.29, 1.82) is 0 Å². The number of amides is 2. The van der Waals surface area contributed by atoms with Crippen molar-refractivity contribution in [3.8, 4) is 0 Å². The molecule has 3 unspecified atom stereocenters. The fraction of sp³-hybridized carbons (Fsp3) is 0.857. The summed E-state index contributed by atoms with van der Waals surface area (Å²) in [7, 11) is 0. The van der Waals surface area contributed by atoms with Gasteiger partial charge in [0.2, 0.25) is 0 Å². The quantitative estimate of drug-likeness (QED) is 0.822. The number of carboxylic acids is 1. The maximum Gasteiger partial charge on any atom is 0.326 e.